The van der Waals surface area contributed by atoms with E-state index in [1.165, 1.54) is 90.4 Å². The molecule has 0 radical (unpaired) electrons. The average Bonchev–Trinajstić information content (AvgIpc) is 3.28. The van der Waals surface area contributed by atoms with Crippen LogP contribution >= 0.6 is 0 Å². The molecule has 9 rings (SSSR count). The van der Waals surface area contributed by atoms with Crippen molar-refractivity contribution in [1.82, 2.24) is 0 Å². The van der Waals surface area contributed by atoms with Crippen LogP contribution in [-0.4, -0.2) is 5.78 Å². The Morgan fingerprint density at radius 3 is 1.33 bits per heavy atom. The van der Waals surface area contributed by atoms with Crippen LogP contribution in [0.1, 0.15) is 115 Å². The summed E-state index contributed by atoms with van der Waals surface area (Å²) in [6, 6.07) is 59.8. The van der Waals surface area contributed by atoms with Gasteiger partial charge in [0, 0.05) is 16.8 Å². The number of hydrogen-bond acceptors (Lipinski definition) is 2. The summed E-state index contributed by atoms with van der Waals surface area (Å²) in [6.07, 6.45) is 12.1. The number of aryl methyl sites for hydroxylation is 2. The Kier molecular flexibility index (Phi) is 10.7. The first kappa shape index (κ1) is 37.6. The Hall–Kier alpha value is -5.99. The van der Waals surface area contributed by atoms with Crippen molar-refractivity contribution in [2.24, 2.45) is 0 Å². The molecule has 0 aromatic heterocycles. The van der Waals surface area contributed by atoms with Gasteiger partial charge in [-0.1, -0.05) is 180 Å². The van der Waals surface area contributed by atoms with Crippen molar-refractivity contribution in [3.63, 3.8) is 0 Å². The summed E-state index contributed by atoms with van der Waals surface area (Å²) in [4.78, 5) is 17.1. The number of rotatable bonds is 13. The standard InChI is InChI=1S/C56H53NO/c1-3-5-7-11-21-40-35-41(22-12-8-6-4-2)37-46(36-40)57-53-33-31-44(42-23-13-9-14-24-42)38-51(53)56(52-39-45(32-34-54(52)57)43-25-15-10-16-26-43)49-29-19-17-27-47(49)55(58)48-28-18-20-30-50(48)56/h9-10,13-20,23-39H,3-8,11-12,21-22H2,1-2H3. The number of benzene rings is 7. The zero-order valence-electron chi connectivity index (χ0n) is 34.0. The zero-order valence-corrected chi connectivity index (χ0v) is 34.0. The second-order valence-corrected chi connectivity index (χ2v) is 16.3. The Balaban J connectivity index is 1.36. The molecule has 58 heavy (non-hydrogen) atoms. The topological polar surface area (TPSA) is 20.3 Å². The van der Waals surface area contributed by atoms with E-state index in [4.69, 9.17) is 0 Å². The molecule has 2 nitrogen and oxygen atoms in total. The lowest BCUT2D eigenvalue weighted by atomic mass is 9.57. The third-order valence-corrected chi connectivity index (χ3v) is 12.6. The number of hydrogen-bond donors (Lipinski definition) is 0. The molecule has 0 saturated carbocycles. The fourth-order valence-electron chi connectivity index (χ4n) is 9.80. The van der Waals surface area contributed by atoms with E-state index >= 15 is 0 Å². The van der Waals surface area contributed by atoms with E-state index in [1.54, 1.807) is 0 Å². The maximum absolute atomic E-state index is 14.5. The molecule has 0 N–H and O–H groups in total. The quantitative estimate of drug-likeness (QED) is 0.109. The smallest absolute Gasteiger partial charge is 0.193 e. The fraction of sp³-hybridized carbons (Fsp3) is 0.232. The summed E-state index contributed by atoms with van der Waals surface area (Å²) < 4.78 is 0. The van der Waals surface area contributed by atoms with Gasteiger partial charge in [0.15, 0.2) is 5.78 Å². The molecule has 0 bridgehead atoms. The lowest BCUT2D eigenvalue weighted by Gasteiger charge is -2.49. The SMILES string of the molecule is CCCCCCc1cc(CCCCCC)cc(N2c3ccc(-c4ccccc4)cc3C3(c4ccccc4C(=O)c4ccccc43)c3cc(-c4ccccc4)ccc32)c1. The van der Waals surface area contributed by atoms with Crippen molar-refractivity contribution in [2.75, 3.05) is 4.90 Å². The molecule has 1 aliphatic carbocycles. The lowest BCUT2D eigenvalue weighted by Crippen LogP contribution is -2.42. The number of carbonyl (C=O) groups excluding carboxylic acids is 1. The van der Waals surface area contributed by atoms with Gasteiger partial charge in [-0.3, -0.25) is 4.79 Å². The summed E-state index contributed by atoms with van der Waals surface area (Å²) in [5, 5.41) is 0. The third-order valence-electron chi connectivity index (χ3n) is 12.6. The van der Waals surface area contributed by atoms with E-state index in [0.29, 0.717) is 0 Å². The minimum atomic E-state index is -0.765. The number of carbonyl (C=O) groups is 1. The van der Waals surface area contributed by atoms with Crippen molar-refractivity contribution in [1.29, 1.82) is 0 Å². The number of unbranched alkanes of at least 4 members (excludes halogenated alkanes) is 6. The van der Waals surface area contributed by atoms with E-state index in [2.05, 4.69) is 158 Å². The monoisotopic (exact) mass is 755 g/mol. The first-order valence-electron chi connectivity index (χ1n) is 21.7. The van der Waals surface area contributed by atoms with Gasteiger partial charge in [-0.15, -0.1) is 0 Å². The molecule has 1 aliphatic heterocycles. The maximum Gasteiger partial charge on any atom is 0.193 e. The third kappa shape index (κ3) is 6.69. The van der Waals surface area contributed by atoms with Crippen molar-refractivity contribution in [2.45, 2.75) is 83.5 Å². The van der Waals surface area contributed by atoms with E-state index in [1.807, 2.05) is 24.3 Å². The maximum atomic E-state index is 14.5. The van der Waals surface area contributed by atoms with Crippen LogP contribution in [0.15, 0.2) is 164 Å². The number of anilines is 3. The van der Waals surface area contributed by atoms with Gasteiger partial charge in [-0.05, 0) is 118 Å². The number of fused-ring (bicyclic) bond motifs is 8. The molecule has 1 heterocycles. The van der Waals surface area contributed by atoms with Gasteiger partial charge in [0.05, 0.1) is 16.8 Å². The van der Waals surface area contributed by atoms with Gasteiger partial charge >= 0.3 is 0 Å². The Labute approximate surface area is 345 Å². The highest BCUT2D eigenvalue weighted by Gasteiger charge is 2.52. The largest absolute Gasteiger partial charge is 0.310 e. The van der Waals surface area contributed by atoms with Crippen molar-refractivity contribution < 1.29 is 4.79 Å². The molecule has 0 atom stereocenters. The highest BCUT2D eigenvalue weighted by Crippen LogP contribution is 2.61. The molecule has 2 aliphatic rings. The van der Waals surface area contributed by atoms with Crippen molar-refractivity contribution >= 4 is 22.8 Å². The summed E-state index contributed by atoms with van der Waals surface area (Å²) >= 11 is 0. The van der Waals surface area contributed by atoms with Crippen molar-refractivity contribution in [3.8, 4) is 22.3 Å². The van der Waals surface area contributed by atoms with Gasteiger partial charge in [0.25, 0.3) is 0 Å². The zero-order chi connectivity index (χ0) is 39.5. The lowest BCUT2D eigenvalue weighted by molar-refractivity contribution is 0.103. The number of nitrogens with zero attached hydrogens (tertiary/aromatic N) is 1. The van der Waals surface area contributed by atoms with Crippen LogP contribution in [0, 0.1) is 0 Å². The summed E-state index contributed by atoms with van der Waals surface area (Å²) in [7, 11) is 0. The minimum Gasteiger partial charge on any atom is -0.310 e. The summed E-state index contributed by atoms with van der Waals surface area (Å²) in [5.41, 5.74) is 16.3. The van der Waals surface area contributed by atoms with Gasteiger partial charge in [-0.25, -0.2) is 0 Å². The van der Waals surface area contributed by atoms with Crippen LogP contribution in [-0.2, 0) is 18.3 Å². The fourth-order valence-corrected chi connectivity index (χ4v) is 9.80. The highest BCUT2D eigenvalue weighted by atomic mass is 16.1. The van der Waals surface area contributed by atoms with E-state index in [-0.39, 0.29) is 5.78 Å². The van der Waals surface area contributed by atoms with Crippen LogP contribution in [0.4, 0.5) is 17.1 Å². The number of ketones is 1. The van der Waals surface area contributed by atoms with Gasteiger partial charge < -0.3 is 4.90 Å². The van der Waals surface area contributed by atoms with Crippen molar-refractivity contribution in [3.05, 3.63) is 208 Å². The van der Waals surface area contributed by atoms with E-state index < -0.39 is 5.41 Å². The molecule has 7 aromatic rings. The van der Waals surface area contributed by atoms with Crippen LogP contribution in [0.3, 0.4) is 0 Å². The van der Waals surface area contributed by atoms with E-state index in [9.17, 15) is 4.79 Å². The molecule has 1 spiro atoms. The van der Waals surface area contributed by atoms with Gasteiger partial charge in [-0.2, -0.15) is 0 Å². The molecule has 0 saturated heterocycles. The molecule has 0 fully saturated rings. The summed E-state index contributed by atoms with van der Waals surface area (Å²) in [5.74, 6) is 0.0873. The second-order valence-electron chi connectivity index (χ2n) is 16.3. The van der Waals surface area contributed by atoms with Gasteiger partial charge in [0.1, 0.15) is 0 Å². The molecular weight excluding hydrogens is 703 g/mol. The Morgan fingerprint density at radius 2 is 0.862 bits per heavy atom. The predicted molar refractivity (Wildman–Crippen MR) is 243 cm³/mol. The van der Waals surface area contributed by atoms with Crippen LogP contribution in [0.25, 0.3) is 22.3 Å². The van der Waals surface area contributed by atoms with Gasteiger partial charge in [0.2, 0.25) is 0 Å². The first-order valence-corrected chi connectivity index (χ1v) is 21.7. The highest BCUT2D eigenvalue weighted by molar-refractivity contribution is 6.15. The normalized spacial score (nSPS) is 13.5. The minimum absolute atomic E-state index is 0.0873. The molecule has 7 aromatic carbocycles. The van der Waals surface area contributed by atoms with Crippen LogP contribution in [0.2, 0.25) is 0 Å². The predicted octanol–water partition coefficient (Wildman–Crippen LogP) is 15.0. The summed E-state index contributed by atoms with van der Waals surface area (Å²) in [6.45, 7) is 4.58. The molecule has 288 valence electrons. The van der Waals surface area contributed by atoms with Crippen LogP contribution in [0.5, 0.6) is 0 Å². The average molecular weight is 756 g/mol. The second kappa shape index (κ2) is 16.5. The Bertz CT molecular complexity index is 2390. The van der Waals surface area contributed by atoms with Crippen LogP contribution < -0.4 is 4.90 Å². The molecular formula is C56H53NO. The molecule has 2 heteroatoms. The molecule has 0 amide bonds. The molecule has 0 unspecified atom stereocenters. The first-order chi connectivity index (χ1) is 28.6. The Morgan fingerprint density at radius 1 is 0.414 bits per heavy atom. The van der Waals surface area contributed by atoms with E-state index in [0.717, 1.165) is 57.6 Å².